The fraction of sp³-hybridized carbons (Fsp3) is 0.750. The van der Waals surface area contributed by atoms with Crippen molar-refractivity contribution in [2.45, 2.75) is 123 Å². The van der Waals surface area contributed by atoms with E-state index >= 15 is 0 Å². The molecule has 0 spiro atoms. The molecule has 3 N–H and O–H groups in total. The van der Waals surface area contributed by atoms with Crippen molar-refractivity contribution in [2.75, 3.05) is 52.0 Å². The Morgan fingerprint density at radius 1 is 0.982 bits per heavy atom. The third-order valence-electron chi connectivity index (χ3n) is 11.2. The van der Waals surface area contributed by atoms with Crippen LogP contribution in [0.4, 0.5) is 5.69 Å². The molecule has 0 radical (unpaired) electrons. The lowest BCUT2D eigenvalue weighted by Crippen LogP contribution is -2.59. The molecule has 1 aromatic rings. The molecule has 4 amide bonds. The number of likely N-dealkylation sites (tertiary alicyclic amines) is 1. The third-order valence-corrected chi connectivity index (χ3v) is 11.8. The van der Waals surface area contributed by atoms with E-state index in [-0.39, 0.29) is 60.4 Å². The minimum atomic E-state index is -0.767. The first-order chi connectivity index (χ1) is 26.5. The van der Waals surface area contributed by atoms with Crippen LogP contribution in [0.5, 0.6) is 0 Å². The van der Waals surface area contributed by atoms with Gasteiger partial charge in [0.05, 0.1) is 65.5 Å². The van der Waals surface area contributed by atoms with E-state index in [1.165, 1.54) is 0 Å². The van der Waals surface area contributed by atoms with Gasteiger partial charge in [-0.25, -0.2) is 0 Å². The summed E-state index contributed by atoms with van der Waals surface area (Å²) in [6.45, 7) is 14.2. The third kappa shape index (κ3) is 13.5. The summed E-state index contributed by atoms with van der Waals surface area (Å²) < 4.78 is 15.1. The molecule has 15 nitrogen and oxygen atoms in total. The molecule has 0 aromatic heterocycles. The van der Waals surface area contributed by atoms with Crippen LogP contribution in [-0.4, -0.2) is 129 Å². The number of halogens is 1. The minimum absolute atomic E-state index is 0.0193. The van der Waals surface area contributed by atoms with Crippen LogP contribution in [-0.2, 0) is 35.1 Å². The van der Waals surface area contributed by atoms with Crippen LogP contribution in [0.1, 0.15) is 79.7 Å². The summed E-state index contributed by atoms with van der Waals surface area (Å²) >= 11 is 2.06. The van der Waals surface area contributed by atoms with E-state index in [1.807, 2.05) is 84.8 Å². The summed E-state index contributed by atoms with van der Waals surface area (Å²) in [7, 11) is 8.56. The monoisotopic (exact) mass is 897 g/mol. The maximum atomic E-state index is 14.3. The van der Waals surface area contributed by atoms with Crippen LogP contribution in [0.25, 0.3) is 10.4 Å². The number of hydrogen-bond acceptors (Lipinski definition) is 9. The van der Waals surface area contributed by atoms with Crippen molar-refractivity contribution in [1.82, 2.24) is 25.3 Å². The number of hydrogen-bond donors (Lipinski definition) is 3. The maximum Gasteiger partial charge on any atom is 0.245 e. The van der Waals surface area contributed by atoms with Crippen LogP contribution in [0.2, 0.25) is 0 Å². The van der Waals surface area contributed by atoms with Crippen LogP contribution >= 0.6 is 22.9 Å². The zero-order valence-corrected chi connectivity index (χ0v) is 37.8. The first kappa shape index (κ1) is 49.0. The molecule has 0 unspecified atom stereocenters. The van der Waals surface area contributed by atoms with Gasteiger partial charge in [-0.05, 0) is 74.3 Å². The van der Waals surface area contributed by atoms with Crippen LogP contribution < -0.4 is 14.2 Å². The highest BCUT2D eigenvalue weighted by Gasteiger charge is 2.43. The van der Waals surface area contributed by atoms with Gasteiger partial charge in [0.1, 0.15) is 6.04 Å². The highest BCUT2D eigenvalue weighted by atomic mass is 127. The molecule has 16 heteroatoms. The lowest BCUT2D eigenvalue weighted by atomic mass is 9.89. The van der Waals surface area contributed by atoms with E-state index in [0.29, 0.717) is 19.4 Å². The predicted molar refractivity (Wildman–Crippen MR) is 229 cm³/mol. The van der Waals surface area contributed by atoms with Crippen molar-refractivity contribution >= 4 is 52.2 Å². The fourth-order valence-electron chi connectivity index (χ4n) is 8.03. The van der Waals surface area contributed by atoms with Gasteiger partial charge in [-0.1, -0.05) is 72.1 Å². The summed E-state index contributed by atoms with van der Waals surface area (Å²) in [5.41, 5.74) is 11.0. The number of benzene rings is 1. The fourth-order valence-corrected chi connectivity index (χ4v) is 8.39. The maximum absolute atomic E-state index is 14.3. The number of amides is 4. The molecule has 1 saturated heterocycles. The molecule has 0 bridgehead atoms. The molecular weight excluding hydrogens is 829 g/mol. The lowest BCUT2D eigenvalue weighted by Gasteiger charge is -2.41. The van der Waals surface area contributed by atoms with Gasteiger partial charge in [-0.3, -0.25) is 24.1 Å². The second-order valence-corrected chi connectivity index (χ2v) is 16.6. The molecule has 2 rings (SSSR count). The summed E-state index contributed by atoms with van der Waals surface area (Å²) in [6, 6.07) is 5.38. The van der Waals surface area contributed by atoms with Gasteiger partial charge in [0.25, 0.3) is 0 Å². The van der Waals surface area contributed by atoms with Gasteiger partial charge in [0.2, 0.25) is 23.6 Å². The number of carbonyl (C=O) groups is 4. The zero-order valence-electron chi connectivity index (χ0n) is 35.6. The van der Waals surface area contributed by atoms with Gasteiger partial charge in [0, 0.05) is 51.0 Å². The second kappa shape index (κ2) is 23.9. The number of carbonyl (C=O) groups excluding carboxylic acids is 4. The van der Waals surface area contributed by atoms with Crippen molar-refractivity contribution < 1.29 is 28.7 Å². The SMILES string of the molecule is CC[C@H](C)[C@@H]([C@@H](CC(=O)N1CCC[C@H]1[C@H](OC)[C@@H](C)C(=O)N[C@H](CN=[N+]=[N-])Cc1ccc(NI)cc1)OC)N(C)C(=O)[C@@H](NC(=O)[C@H](C(C)C)N(C)C)C(C)C. The largest absolute Gasteiger partial charge is 0.379 e. The van der Waals surface area contributed by atoms with E-state index in [4.69, 9.17) is 15.0 Å². The lowest BCUT2D eigenvalue weighted by molar-refractivity contribution is -0.148. The van der Waals surface area contributed by atoms with Crippen LogP contribution in [0.15, 0.2) is 29.4 Å². The first-order valence-electron chi connectivity index (χ1n) is 19.8. The molecule has 1 heterocycles. The van der Waals surface area contributed by atoms with E-state index in [1.54, 1.807) is 38.0 Å². The van der Waals surface area contributed by atoms with Crippen molar-refractivity contribution in [1.29, 1.82) is 0 Å². The van der Waals surface area contributed by atoms with Gasteiger partial charge in [-0.15, -0.1) is 0 Å². The smallest absolute Gasteiger partial charge is 0.245 e. The highest BCUT2D eigenvalue weighted by molar-refractivity contribution is 14.1. The Morgan fingerprint density at radius 2 is 1.62 bits per heavy atom. The quantitative estimate of drug-likeness (QED) is 0.0428. The number of methoxy groups -OCH3 is 2. The number of azide groups is 1. The van der Waals surface area contributed by atoms with E-state index in [2.05, 4.69) is 47.1 Å². The van der Waals surface area contributed by atoms with Gasteiger partial charge in [0.15, 0.2) is 0 Å². The average molecular weight is 898 g/mol. The number of ether oxygens (including phenoxy) is 2. The Kier molecular flexibility index (Phi) is 20.9. The number of rotatable bonds is 23. The Bertz CT molecular complexity index is 1450. The highest BCUT2D eigenvalue weighted by Crippen LogP contribution is 2.30. The van der Waals surface area contributed by atoms with Crippen molar-refractivity contribution in [3.63, 3.8) is 0 Å². The second-order valence-electron chi connectivity index (χ2n) is 16.1. The van der Waals surface area contributed by atoms with Crippen molar-refractivity contribution in [3.8, 4) is 0 Å². The summed E-state index contributed by atoms with van der Waals surface area (Å²) in [4.78, 5) is 63.9. The van der Waals surface area contributed by atoms with Gasteiger partial charge < -0.3 is 33.4 Å². The summed E-state index contributed by atoms with van der Waals surface area (Å²) in [5, 5.41) is 9.85. The number of likely N-dealkylation sites (N-methyl/N-ethyl adjacent to an activating group) is 2. The van der Waals surface area contributed by atoms with E-state index in [0.717, 1.165) is 24.1 Å². The molecule has 0 saturated carbocycles. The van der Waals surface area contributed by atoms with Gasteiger partial charge >= 0.3 is 0 Å². The predicted octanol–water partition coefficient (Wildman–Crippen LogP) is 5.43. The molecule has 56 heavy (non-hydrogen) atoms. The van der Waals surface area contributed by atoms with Crippen molar-refractivity contribution in [3.05, 3.63) is 40.3 Å². The normalized spacial score (nSPS) is 18.6. The Labute approximate surface area is 348 Å². The number of nitrogens with zero attached hydrogens (tertiary/aromatic N) is 6. The standard InChI is InChI=1S/C40H68IN9O6/c1-13-26(6)36(49(10)40(54)34(24(2)3)45-39(53)35(25(4)5)48(8)9)32(55-11)22-33(51)50-20-14-15-31(50)37(56-12)27(7)38(52)44-30(23-43-47-42)21-28-16-18-29(46-41)19-17-28/h16-19,24-27,30-32,34-37,46H,13-15,20-23H2,1-12H3,(H,44,52)(H,45,53)/t26-,27+,30-,31-,32+,34-,35-,36-,37+/m0/s1. The number of nitrogens with one attached hydrogen (secondary N) is 3. The minimum Gasteiger partial charge on any atom is -0.379 e. The molecule has 1 fully saturated rings. The molecule has 1 aromatic carbocycles. The molecule has 0 aliphatic carbocycles. The first-order valence-corrected chi connectivity index (χ1v) is 20.9. The summed E-state index contributed by atoms with van der Waals surface area (Å²) in [6.07, 6.45) is 1.40. The Hall–Kier alpha value is -3.18. The topological polar surface area (TPSA) is 181 Å². The Morgan fingerprint density at radius 3 is 2.12 bits per heavy atom. The number of anilines is 1. The van der Waals surface area contributed by atoms with E-state index in [9.17, 15) is 19.2 Å². The molecule has 1 aliphatic rings. The Balaban J connectivity index is 2.28. The van der Waals surface area contributed by atoms with Crippen LogP contribution in [0.3, 0.4) is 0 Å². The molecule has 1 aliphatic heterocycles. The van der Waals surface area contributed by atoms with Crippen LogP contribution in [0, 0.1) is 23.7 Å². The van der Waals surface area contributed by atoms with E-state index < -0.39 is 42.3 Å². The molecule has 316 valence electrons. The molecule has 9 atom stereocenters. The average Bonchev–Trinajstić information content (AvgIpc) is 3.65. The molecular formula is C40H68IN9O6. The van der Waals surface area contributed by atoms with Crippen molar-refractivity contribution in [2.24, 2.45) is 28.8 Å². The summed E-state index contributed by atoms with van der Waals surface area (Å²) in [5.74, 6) is -1.64. The van der Waals surface area contributed by atoms with Gasteiger partial charge in [-0.2, -0.15) is 0 Å². The zero-order chi connectivity index (χ0) is 42.3.